The average Bonchev–Trinajstić information content (AvgIpc) is 2.97. The van der Waals surface area contributed by atoms with Crippen LogP contribution in [0.1, 0.15) is 38.3 Å². The van der Waals surface area contributed by atoms with Crippen molar-refractivity contribution in [3.63, 3.8) is 0 Å². The van der Waals surface area contributed by atoms with Gasteiger partial charge in [-0.15, -0.1) is 0 Å². The van der Waals surface area contributed by atoms with Gasteiger partial charge in [0.1, 0.15) is 5.39 Å². The van der Waals surface area contributed by atoms with Crippen LogP contribution in [-0.2, 0) is 0 Å². The van der Waals surface area contributed by atoms with Gasteiger partial charge in [0.05, 0.1) is 5.69 Å². The van der Waals surface area contributed by atoms with Crippen LogP contribution in [0.4, 0.5) is 5.95 Å². The molecule has 1 fully saturated rings. The van der Waals surface area contributed by atoms with Gasteiger partial charge in [-0.2, -0.15) is 10.1 Å². The van der Waals surface area contributed by atoms with Crippen molar-refractivity contribution in [3.05, 3.63) is 16.0 Å². The lowest BCUT2D eigenvalue weighted by atomic mass is 10.1. The molecular formula is C12H17N5O. The molecule has 1 aliphatic heterocycles. The normalized spacial score (nSPS) is 16.1. The fourth-order valence-corrected chi connectivity index (χ4v) is 2.45. The number of aromatic amines is 2. The molecule has 6 nitrogen and oxygen atoms in total. The molecule has 1 aliphatic rings. The Morgan fingerprint density at radius 2 is 2.00 bits per heavy atom. The molecule has 96 valence electrons. The molecule has 0 radical (unpaired) electrons. The van der Waals surface area contributed by atoms with Crippen LogP contribution in [0.5, 0.6) is 0 Å². The topological polar surface area (TPSA) is 77.7 Å². The van der Waals surface area contributed by atoms with E-state index in [1.165, 1.54) is 0 Å². The van der Waals surface area contributed by atoms with Crippen LogP contribution in [0, 0.1) is 0 Å². The fourth-order valence-electron chi connectivity index (χ4n) is 2.45. The molecule has 0 bridgehead atoms. The van der Waals surface area contributed by atoms with Crippen molar-refractivity contribution in [1.29, 1.82) is 0 Å². The van der Waals surface area contributed by atoms with E-state index in [-0.39, 0.29) is 11.5 Å². The maximum Gasteiger partial charge on any atom is 0.263 e. The summed E-state index contributed by atoms with van der Waals surface area (Å²) in [4.78, 5) is 21.6. The molecule has 3 heterocycles. The fraction of sp³-hybridized carbons (Fsp3) is 0.583. The number of fused-ring (bicyclic) bond motifs is 1. The molecular weight excluding hydrogens is 230 g/mol. The minimum Gasteiger partial charge on any atom is -0.342 e. The van der Waals surface area contributed by atoms with Crippen molar-refractivity contribution in [2.75, 3.05) is 18.0 Å². The number of anilines is 1. The summed E-state index contributed by atoms with van der Waals surface area (Å²) >= 11 is 0. The van der Waals surface area contributed by atoms with E-state index in [2.05, 4.69) is 25.1 Å². The van der Waals surface area contributed by atoms with E-state index in [0.717, 1.165) is 31.6 Å². The van der Waals surface area contributed by atoms with Crippen LogP contribution in [0.2, 0.25) is 0 Å². The lowest BCUT2D eigenvalue weighted by Crippen LogP contribution is -2.24. The van der Waals surface area contributed by atoms with Crippen LogP contribution in [0.25, 0.3) is 11.0 Å². The third-order valence-corrected chi connectivity index (χ3v) is 3.40. The highest BCUT2D eigenvalue weighted by Crippen LogP contribution is 2.21. The van der Waals surface area contributed by atoms with E-state index in [1.54, 1.807) is 0 Å². The molecule has 0 atom stereocenters. The van der Waals surface area contributed by atoms with E-state index in [0.29, 0.717) is 17.0 Å². The summed E-state index contributed by atoms with van der Waals surface area (Å²) in [5.74, 6) is 0.864. The van der Waals surface area contributed by atoms with Crippen molar-refractivity contribution >= 4 is 17.0 Å². The maximum atomic E-state index is 12.2. The molecule has 6 heteroatoms. The highest BCUT2D eigenvalue weighted by Gasteiger charge is 2.19. The van der Waals surface area contributed by atoms with Gasteiger partial charge in [0, 0.05) is 13.1 Å². The van der Waals surface area contributed by atoms with Crippen molar-refractivity contribution < 1.29 is 0 Å². The minimum absolute atomic E-state index is 0.0978. The quantitative estimate of drug-likeness (QED) is 0.840. The Balaban J connectivity index is 2.14. The summed E-state index contributed by atoms with van der Waals surface area (Å²) in [5.41, 5.74) is 1.27. The Bertz CT molecular complexity index is 621. The second-order valence-corrected chi connectivity index (χ2v) is 5.07. The average molecular weight is 247 g/mol. The second kappa shape index (κ2) is 4.12. The molecule has 0 amide bonds. The summed E-state index contributed by atoms with van der Waals surface area (Å²) in [6.45, 7) is 5.95. The van der Waals surface area contributed by atoms with Crippen LogP contribution in [-0.4, -0.2) is 33.3 Å². The molecule has 3 rings (SSSR count). The Labute approximate surface area is 104 Å². The summed E-state index contributed by atoms with van der Waals surface area (Å²) in [6, 6.07) is 0. The molecule has 0 saturated carbocycles. The summed E-state index contributed by atoms with van der Waals surface area (Å²) in [6.07, 6.45) is 2.31. The molecule has 0 aromatic carbocycles. The van der Waals surface area contributed by atoms with E-state index < -0.39 is 0 Å². The van der Waals surface area contributed by atoms with Gasteiger partial charge in [0.15, 0.2) is 5.65 Å². The number of nitrogens with zero attached hydrogens (tertiary/aromatic N) is 3. The van der Waals surface area contributed by atoms with Crippen molar-refractivity contribution in [3.8, 4) is 0 Å². The third kappa shape index (κ3) is 1.68. The van der Waals surface area contributed by atoms with Crippen LogP contribution >= 0.6 is 0 Å². The standard InChI is InChI=1S/C12H17N5O/c1-7(2)9-8-10(16-15-9)13-12(14-11(8)18)17-5-3-4-6-17/h7H,3-6H2,1-2H3,(H2,13,14,15,16,18). The zero-order valence-corrected chi connectivity index (χ0v) is 10.7. The van der Waals surface area contributed by atoms with Gasteiger partial charge >= 0.3 is 0 Å². The van der Waals surface area contributed by atoms with Gasteiger partial charge in [0.2, 0.25) is 5.95 Å². The number of hydrogen-bond acceptors (Lipinski definition) is 4. The minimum atomic E-state index is -0.0978. The lowest BCUT2D eigenvalue weighted by molar-refractivity contribution is 0.817. The maximum absolute atomic E-state index is 12.2. The molecule has 0 spiro atoms. The van der Waals surface area contributed by atoms with Crippen LogP contribution in [0.3, 0.4) is 0 Å². The van der Waals surface area contributed by atoms with Gasteiger partial charge in [-0.25, -0.2) is 0 Å². The zero-order valence-electron chi connectivity index (χ0n) is 10.7. The first-order valence-electron chi connectivity index (χ1n) is 6.40. The molecule has 0 unspecified atom stereocenters. The highest BCUT2D eigenvalue weighted by molar-refractivity contribution is 5.78. The first-order valence-corrected chi connectivity index (χ1v) is 6.40. The molecule has 2 aromatic rings. The first-order chi connectivity index (χ1) is 8.66. The Hall–Kier alpha value is -1.85. The van der Waals surface area contributed by atoms with Crippen molar-refractivity contribution in [2.45, 2.75) is 32.6 Å². The SMILES string of the molecule is CC(C)c1n[nH]c2nc(N3CCCC3)[nH]c(=O)c12. The van der Waals surface area contributed by atoms with Crippen LogP contribution < -0.4 is 10.5 Å². The van der Waals surface area contributed by atoms with Crippen LogP contribution in [0.15, 0.2) is 4.79 Å². The van der Waals surface area contributed by atoms with Gasteiger partial charge in [-0.05, 0) is 18.8 Å². The second-order valence-electron chi connectivity index (χ2n) is 5.07. The monoisotopic (exact) mass is 247 g/mol. The van der Waals surface area contributed by atoms with Crippen molar-refractivity contribution in [2.24, 2.45) is 0 Å². The number of aromatic nitrogens is 4. The van der Waals surface area contributed by atoms with E-state index in [9.17, 15) is 4.79 Å². The number of nitrogens with one attached hydrogen (secondary N) is 2. The predicted molar refractivity (Wildman–Crippen MR) is 70.0 cm³/mol. The number of H-pyrrole nitrogens is 2. The molecule has 1 saturated heterocycles. The molecule has 2 aromatic heterocycles. The lowest BCUT2D eigenvalue weighted by Gasteiger charge is -2.14. The van der Waals surface area contributed by atoms with E-state index >= 15 is 0 Å². The predicted octanol–water partition coefficient (Wildman–Crippen LogP) is 1.37. The highest BCUT2D eigenvalue weighted by atomic mass is 16.1. The number of rotatable bonds is 2. The Morgan fingerprint density at radius 3 is 2.67 bits per heavy atom. The summed E-state index contributed by atoms with van der Waals surface area (Å²) in [7, 11) is 0. The largest absolute Gasteiger partial charge is 0.342 e. The molecule has 0 aliphatic carbocycles. The smallest absolute Gasteiger partial charge is 0.263 e. The summed E-state index contributed by atoms with van der Waals surface area (Å²) < 4.78 is 0. The Morgan fingerprint density at radius 1 is 1.28 bits per heavy atom. The first kappa shape index (κ1) is 11.3. The van der Waals surface area contributed by atoms with E-state index in [4.69, 9.17) is 0 Å². The Kier molecular flexibility index (Phi) is 2.57. The van der Waals surface area contributed by atoms with Gasteiger partial charge in [-0.1, -0.05) is 13.8 Å². The van der Waals surface area contributed by atoms with Gasteiger partial charge in [0.25, 0.3) is 5.56 Å². The molecule has 2 N–H and O–H groups in total. The van der Waals surface area contributed by atoms with Gasteiger partial charge in [-0.3, -0.25) is 14.9 Å². The third-order valence-electron chi connectivity index (χ3n) is 3.40. The summed E-state index contributed by atoms with van der Waals surface area (Å²) in [5, 5.41) is 7.65. The van der Waals surface area contributed by atoms with E-state index in [1.807, 2.05) is 13.8 Å². The van der Waals surface area contributed by atoms with Gasteiger partial charge < -0.3 is 4.90 Å². The number of hydrogen-bond donors (Lipinski definition) is 2. The molecule has 18 heavy (non-hydrogen) atoms. The zero-order chi connectivity index (χ0) is 12.7. The van der Waals surface area contributed by atoms with Crippen molar-refractivity contribution in [1.82, 2.24) is 20.2 Å².